The SMILES string of the molecule is Cc1ccnc(C2(C#N)CCN(Cc3cc(C(=O)NC4CCCCC4)nc4ccccc34)CC2)c1. The predicted molar refractivity (Wildman–Crippen MR) is 137 cm³/mol. The number of aromatic nitrogens is 2. The zero-order valence-electron chi connectivity index (χ0n) is 20.5. The van der Waals surface area contributed by atoms with Crippen LogP contribution in [0.5, 0.6) is 0 Å². The molecule has 1 saturated heterocycles. The molecule has 6 nitrogen and oxygen atoms in total. The summed E-state index contributed by atoms with van der Waals surface area (Å²) < 4.78 is 0. The number of amides is 1. The Morgan fingerprint density at radius 1 is 1.14 bits per heavy atom. The summed E-state index contributed by atoms with van der Waals surface area (Å²) in [6.45, 7) is 4.39. The molecule has 3 aromatic rings. The summed E-state index contributed by atoms with van der Waals surface area (Å²) in [6, 6.07) is 16.9. The molecule has 0 atom stereocenters. The number of fused-ring (bicyclic) bond motifs is 1. The molecule has 1 aliphatic carbocycles. The van der Waals surface area contributed by atoms with Crippen LogP contribution in [0.4, 0.5) is 0 Å². The number of hydrogen-bond acceptors (Lipinski definition) is 5. The first-order valence-electron chi connectivity index (χ1n) is 12.8. The topological polar surface area (TPSA) is 81.9 Å². The van der Waals surface area contributed by atoms with Crippen LogP contribution < -0.4 is 5.32 Å². The van der Waals surface area contributed by atoms with Crippen LogP contribution in [0.2, 0.25) is 0 Å². The van der Waals surface area contributed by atoms with Crippen LogP contribution in [0.25, 0.3) is 10.9 Å². The number of benzene rings is 1. The number of pyridine rings is 2. The van der Waals surface area contributed by atoms with E-state index in [1.807, 2.05) is 43.3 Å². The largest absolute Gasteiger partial charge is 0.348 e. The van der Waals surface area contributed by atoms with Gasteiger partial charge in [0.15, 0.2) is 0 Å². The van der Waals surface area contributed by atoms with Gasteiger partial charge in [0, 0.05) is 37.3 Å². The van der Waals surface area contributed by atoms with E-state index in [0.717, 1.165) is 73.0 Å². The van der Waals surface area contributed by atoms with Gasteiger partial charge in [0.05, 0.1) is 17.3 Å². The summed E-state index contributed by atoms with van der Waals surface area (Å²) in [5.74, 6) is -0.0726. The number of para-hydroxylation sites is 1. The molecule has 35 heavy (non-hydrogen) atoms. The molecule has 2 aliphatic rings. The summed E-state index contributed by atoms with van der Waals surface area (Å²) in [5.41, 5.74) is 3.95. The monoisotopic (exact) mass is 467 g/mol. The van der Waals surface area contributed by atoms with Gasteiger partial charge in [-0.25, -0.2) is 4.98 Å². The lowest BCUT2D eigenvalue weighted by Gasteiger charge is -2.37. The average Bonchev–Trinajstić information content (AvgIpc) is 2.90. The molecule has 2 aromatic heterocycles. The molecular weight excluding hydrogens is 434 g/mol. The third-order valence-corrected chi connectivity index (χ3v) is 7.70. The van der Waals surface area contributed by atoms with Crippen molar-refractivity contribution in [2.75, 3.05) is 13.1 Å². The number of nitriles is 1. The maximum Gasteiger partial charge on any atom is 0.270 e. The van der Waals surface area contributed by atoms with Crippen LogP contribution in [0.15, 0.2) is 48.7 Å². The molecule has 0 unspecified atom stereocenters. The second-order valence-corrected chi connectivity index (χ2v) is 10.2. The van der Waals surface area contributed by atoms with Crippen molar-refractivity contribution in [3.8, 4) is 6.07 Å². The molecule has 1 saturated carbocycles. The van der Waals surface area contributed by atoms with Crippen molar-refractivity contribution in [1.82, 2.24) is 20.2 Å². The predicted octanol–water partition coefficient (Wildman–Crippen LogP) is 5.06. The van der Waals surface area contributed by atoms with E-state index in [0.29, 0.717) is 5.69 Å². The molecular formula is C29H33N5O. The third kappa shape index (κ3) is 5.06. The van der Waals surface area contributed by atoms with E-state index in [2.05, 4.69) is 27.3 Å². The number of aryl methyl sites for hydroxylation is 1. The smallest absolute Gasteiger partial charge is 0.270 e. The Morgan fingerprint density at radius 3 is 2.66 bits per heavy atom. The van der Waals surface area contributed by atoms with Gasteiger partial charge in [-0.05, 0) is 68.0 Å². The van der Waals surface area contributed by atoms with E-state index in [-0.39, 0.29) is 11.9 Å². The fourth-order valence-electron chi connectivity index (χ4n) is 5.56. The molecule has 1 aromatic carbocycles. The molecule has 0 spiro atoms. The molecule has 0 bridgehead atoms. The third-order valence-electron chi connectivity index (χ3n) is 7.70. The zero-order chi connectivity index (χ0) is 24.3. The molecule has 0 radical (unpaired) electrons. The Hall–Kier alpha value is -3.30. The number of hydrogen-bond donors (Lipinski definition) is 1. The van der Waals surface area contributed by atoms with Gasteiger partial charge in [-0.1, -0.05) is 37.5 Å². The summed E-state index contributed by atoms with van der Waals surface area (Å²) in [6.07, 6.45) is 9.02. The first-order chi connectivity index (χ1) is 17.1. The van der Waals surface area contributed by atoms with E-state index in [4.69, 9.17) is 4.98 Å². The quantitative estimate of drug-likeness (QED) is 0.567. The van der Waals surface area contributed by atoms with Gasteiger partial charge in [0.1, 0.15) is 11.1 Å². The van der Waals surface area contributed by atoms with Gasteiger partial charge in [0.2, 0.25) is 0 Å². The van der Waals surface area contributed by atoms with Crippen LogP contribution in [0.3, 0.4) is 0 Å². The van der Waals surface area contributed by atoms with Crippen LogP contribution in [-0.4, -0.2) is 39.9 Å². The second kappa shape index (κ2) is 10.1. The summed E-state index contributed by atoms with van der Waals surface area (Å²) in [5, 5.41) is 14.4. The van der Waals surface area contributed by atoms with Gasteiger partial charge in [-0.2, -0.15) is 5.26 Å². The average molecular weight is 468 g/mol. The van der Waals surface area contributed by atoms with Gasteiger partial charge in [-0.15, -0.1) is 0 Å². The molecule has 1 N–H and O–H groups in total. The van der Waals surface area contributed by atoms with Crippen LogP contribution >= 0.6 is 0 Å². The molecule has 1 aliphatic heterocycles. The minimum Gasteiger partial charge on any atom is -0.348 e. The van der Waals surface area contributed by atoms with Crippen molar-refractivity contribution in [2.45, 2.75) is 69.9 Å². The van der Waals surface area contributed by atoms with E-state index in [9.17, 15) is 10.1 Å². The highest BCUT2D eigenvalue weighted by Crippen LogP contribution is 2.35. The van der Waals surface area contributed by atoms with Gasteiger partial charge < -0.3 is 5.32 Å². The summed E-state index contributed by atoms with van der Waals surface area (Å²) >= 11 is 0. The highest BCUT2D eigenvalue weighted by Gasteiger charge is 2.38. The number of nitrogens with zero attached hydrogens (tertiary/aromatic N) is 4. The Labute approximate surface area is 207 Å². The fourth-order valence-corrected chi connectivity index (χ4v) is 5.56. The Kier molecular flexibility index (Phi) is 6.79. The number of rotatable bonds is 5. The van der Waals surface area contributed by atoms with Crippen molar-refractivity contribution in [2.24, 2.45) is 0 Å². The first kappa shape index (κ1) is 23.4. The van der Waals surface area contributed by atoms with Gasteiger partial charge >= 0.3 is 0 Å². The first-order valence-corrected chi connectivity index (χ1v) is 12.8. The zero-order valence-corrected chi connectivity index (χ0v) is 20.5. The van der Waals surface area contributed by atoms with E-state index in [1.54, 1.807) is 6.20 Å². The second-order valence-electron chi connectivity index (χ2n) is 10.2. The number of likely N-dealkylation sites (tertiary alicyclic amines) is 1. The lowest BCUT2D eigenvalue weighted by Crippen LogP contribution is -2.42. The highest BCUT2D eigenvalue weighted by molar-refractivity contribution is 5.96. The molecule has 180 valence electrons. The van der Waals surface area contributed by atoms with Gasteiger partial charge in [-0.3, -0.25) is 14.7 Å². The molecule has 5 rings (SSSR count). The van der Waals surface area contributed by atoms with Crippen molar-refractivity contribution in [1.29, 1.82) is 5.26 Å². The molecule has 1 amide bonds. The Morgan fingerprint density at radius 2 is 1.91 bits per heavy atom. The number of carbonyl (C=O) groups is 1. The van der Waals surface area contributed by atoms with E-state index >= 15 is 0 Å². The van der Waals surface area contributed by atoms with Crippen molar-refractivity contribution >= 4 is 16.8 Å². The summed E-state index contributed by atoms with van der Waals surface area (Å²) in [4.78, 5) is 24.7. The van der Waals surface area contributed by atoms with E-state index in [1.165, 1.54) is 19.3 Å². The Bertz CT molecular complexity index is 1250. The number of piperidine rings is 1. The fraction of sp³-hybridized carbons (Fsp3) is 0.448. The molecule has 2 fully saturated rings. The standard InChI is InChI=1S/C29H33N5O/c1-21-11-14-31-27(17-21)29(20-30)12-15-34(16-13-29)19-22-18-26(33-25-10-6-5-9-24(22)25)28(35)32-23-7-3-2-4-8-23/h5-6,9-11,14,17-18,23H,2-4,7-8,12-13,15-16,19H2,1H3,(H,32,35). The highest BCUT2D eigenvalue weighted by atomic mass is 16.1. The Balaban J connectivity index is 1.34. The minimum absolute atomic E-state index is 0.0726. The number of nitrogens with one attached hydrogen (secondary N) is 1. The molecule has 3 heterocycles. The maximum absolute atomic E-state index is 13.1. The van der Waals surface area contributed by atoms with Crippen LogP contribution in [-0.2, 0) is 12.0 Å². The van der Waals surface area contributed by atoms with Crippen LogP contribution in [0, 0.1) is 18.3 Å². The lowest BCUT2D eigenvalue weighted by atomic mass is 9.76. The lowest BCUT2D eigenvalue weighted by molar-refractivity contribution is 0.0922. The van der Waals surface area contributed by atoms with Crippen LogP contribution in [0.1, 0.15) is 72.3 Å². The van der Waals surface area contributed by atoms with Crippen molar-refractivity contribution in [3.05, 3.63) is 71.2 Å². The minimum atomic E-state index is -0.534. The van der Waals surface area contributed by atoms with Gasteiger partial charge in [0.25, 0.3) is 5.91 Å². The van der Waals surface area contributed by atoms with Crippen molar-refractivity contribution < 1.29 is 4.79 Å². The number of carbonyl (C=O) groups excluding carboxylic acids is 1. The van der Waals surface area contributed by atoms with E-state index < -0.39 is 5.41 Å². The summed E-state index contributed by atoms with van der Waals surface area (Å²) in [7, 11) is 0. The van der Waals surface area contributed by atoms with Crippen molar-refractivity contribution in [3.63, 3.8) is 0 Å². The maximum atomic E-state index is 13.1. The normalized spacial score (nSPS) is 18.7. The molecule has 6 heteroatoms.